The van der Waals surface area contributed by atoms with Crippen LogP contribution in [-0.2, 0) is 12.7 Å². The van der Waals surface area contributed by atoms with Gasteiger partial charge in [-0.1, -0.05) is 0 Å². The van der Waals surface area contributed by atoms with Crippen molar-refractivity contribution in [3.63, 3.8) is 0 Å². The van der Waals surface area contributed by atoms with Crippen LogP contribution < -0.4 is 4.90 Å². The summed E-state index contributed by atoms with van der Waals surface area (Å²) < 4.78 is 43.4. The highest BCUT2D eigenvalue weighted by Gasteiger charge is 2.35. The normalized spacial score (nSPS) is 11.4. The molecule has 1 N–H and O–H groups in total. The van der Waals surface area contributed by atoms with E-state index in [-0.39, 0.29) is 0 Å². The highest BCUT2D eigenvalue weighted by atomic mass is 19.4. The Balaban J connectivity index is 2.33. The molecule has 1 heterocycles. The van der Waals surface area contributed by atoms with E-state index >= 15 is 0 Å². The Morgan fingerprint density at radius 3 is 2.57 bits per heavy atom. The van der Waals surface area contributed by atoms with Gasteiger partial charge in [0.2, 0.25) is 0 Å². The molecule has 0 spiro atoms. The SMILES string of the molecule is CN(Cc1ccco1)c1ccc(C(F)(F)F)c(C(=O)O)c1. The molecule has 0 unspecified atom stereocenters. The number of rotatable bonds is 4. The molecular formula is C14H12F3NO3. The third-order valence-electron chi connectivity index (χ3n) is 2.95. The Bertz CT molecular complexity index is 635. The first-order chi connectivity index (χ1) is 9.79. The highest BCUT2D eigenvalue weighted by Crippen LogP contribution is 2.34. The van der Waals surface area contributed by atoms with Crippen LogP contribution in [0.5, 0.6) is 0 Å². The van der Waals surface area contributed by atoms with Crippen molar-refractivity contribution >= 4 is 11.7 Å². The molecule has 0 atom stereocenters. The summed E-state index contributed by atoms with van der Waals surface area (Å²) >= 11 is 0. The van der Waals surface area contributed by atoms with Gasteiger partial charge in [-0.05, 0) is 30.3 Å². The molecule has 4 nitrogen and oxygen atoms in total. The number of benzene rings is 1. The summed E-state index contributed by atoms with van der Waals surface area (Å²) in [6, 6.07) is 6.43. The van der Waals surface area contributed by atoms with Gasteiger partial charge >= 0.3 is 12.1 Å². The lowest BCUT2D eigenvalue weighted by molar-refractivity contribution is -0.138. The summed E-state index contributed by atoms with van der Waals surface area (Å²) in [5.74, 6) is -0.996. The zero-order valence-corrected chi connectivity index (χ0v) is 11.0. The number of furan rings is 1. The predicted octanol–water partition coefficient (Wildman–Crippen LogP) is 3.63. The maximum atomic E-state index is 12.8. The summed E-state index contributed by atoms with van der Waals surface area (Å²) in [5.41, 5.74) is -1.58. The number of carboxylic acids is 1. The molecule has 0 fully saturated rings. The maximum absolute atomic E-state index is 12.8. The second-order valence-electron chi connectivity index (χ2n) is 4.47. The largest absolute Gasteiger partial charge is 0.478 e. The van der Waals surface area contributed by atoms with Gasteiger partial charge < -0.3 is 14.4 Å². The van der Waals surface area contributed by atoms with E-state index in [1.807, 2.05) is 0 Å². The van der Waals surface area contributed by atoms with E-state index in [1.54, 1.807) is 24.1 Å². The Morgan fingerprint density at radius 2 is 2.05 bits per heavy atom. The predicted molar refractivity (Wildman–Crippen MR) is 69.2 cm³/mol. The third-order valence-corrected chi connectivity index (χ3v) is 2.95. The van der Waals surface area contributed by atoms with Crippen molar-refractivity contribution in [1.82, 2.24) is 0 Å². The molecule has 0 aliphatic heterocycles. The quantitative estimate of drug-likeness (QED) is 0.936. The average molecular weight is 299 g/mol. The van der Waals surface area contributed by atoms with Crippen molar-refractivity contribution in [2.75, 3.05) is 11.9 Å². The van der Waals surface area contributed by atoms with Gasteiger partial charge in [-0.15, -0.1) is 0 Å². The number of alkyl halides is 3. The monoisotopic (exact) mass is 299 g/mol. The Morgan fingerprint density at radius 1 is 1.33 bits per heavy atom. The minimum absolute atomic E-state index is 0.317. The van der Waals surface area contributed by atoms with Crippen LogP contribution in [0, 0.1) is 0 Å². The summed E-state index contributed by atoms with van der Waals surface area (Å²) in [7, 11) is 1.64. The van der Waals surface area contributed by atoms with Gasteiger partial charge in [0.1, 0.15) is 5.76 Å². The molecule has 0 bridgehead atoms. The molecule has 21 heavy (non-hydrogen) atoms. The van der Waals surface area contributed by atoms with Gasteiger partial charge in [0.05, 0.1) is 23.9 Å². The smallest absolute Gasteiger partial charge is 0.417 e. The number of carboxylic acid groups (broad SMARTS) is 1. The molecule has 1 aromatic carbocycles. The Labute approximate surface area is 118 Å². The standard InChI is InChI=1S/C14H12F3NO3/c1-18(8-10-3-2-6-21-10)9-4-5-12(14(15,16)17)11(7-9)13(19)20/h2-7H,8H2,1H3,(H,19,20). The summed E-state index contributed by atoms with van der Waals surface area (Å²) in [6.07, 6.45) is -3.22. The van der Waals surface area contributed by atoms with Gasteiger partial charge in [0, 0.05) is 12.7 Å². The van der Waals surface area contributed by atoms with E-state index in [1.165, 1.54) is 12.3 Å². The second-order valence-corrected chi connectivity index (χ2v) is 4.47. The zero-order chi connectivity index (χ0) is 15.6. The van der Waals surface area contributed by atoms with Gasteiger partial charge in [0.25, 0.3) is 0 Å². The fraction of sp³-hybridized carbons (Fsp3) is 0.214. The van der Waals surface area contributed by atoms with E-state index < -0.39 is 23.3 Å². The third kappa shape index (κ3) is 3.36. The van der Waals surface area contributed by atoms with Crippen LogP contribution in [0.25, 0.3) is 0 Å². The number of carbonyl (C=O) groups is 1. The van der Waals surface area contributed by atoms with Crippen molar-refractivity contribution in [2.45, 2.75) is 12.7 Å². The van der Waals surface area contributed by atoms with Crippen LogP contribution in [0.1, 0.15) is 21.7 Å². The molecular weight excluding hydrogens is 287 g/mol. The molecule has 0 saturated heterocycles. The van der Waals surface area contributed by atoms with E-state index in [4.69, 9.17) is 9.52 Å². The molecule has 0 saturated carbocycles. The fourth-order valence-corrected chi connectivity index (χ4v) is 1.92. The van der Waals surface area contributed by atoms with Crippen molar-refractivity contribution in [3.05, 3.63) is 53.5 Å². The summed E-state index contributed by atoms with van der Waals surface area (Å²) in [6.45, 7) is 0.317. The van der Waals surface area contributed by atoms with Crippen LogP contribution >= 0.6 is 0 Å². The van der Waals surface area contributed by atoms with E-state index in [9.17, 15) is 18.0 Å². The van der Waals surface area contributed by atoms with E-state index in [2.05, 4.69) is 0 Å². The minimum atomic E-state index is -4.70. The molecule has 7 heteroatoms. The summed E-state index contributed by atoms with van der Waals surface area (Å²) in [4.78, 5) is 12.6. The molecule has 1 aromatic heterocycles. The highest BCUT2D eigenvalue weighted by molar-refractivity contribution is 5.91. The molecule has 0 amide bonds. The lowest BCUT2D eigenvalue weighted by Gasteiger charge is -2.20. The molecule has 0 aliphatic rings. The van der Waals surface area contributed by atoms with Gasteiger partial charge in [-0.2, -0.15) is 13.2 Å². The topological polar surface area (TPSA) is 53.7 Å². The summed E-state index contributed by atoms with van der Waals surface area (Å²) in [5, 5.41) is 8.95. The molecule has 2 rings (SSSR count). The van der Waals surface area contributed by atoms with Crippen LogP contribution in [0.3, 0.4) is 0 Å². The first kappa shape index (κ1) is 15.0. The van der Waals surface area contributed by atoms with Crippen molar-refractivity contribution in [3.8, 4) is 0 Å². The van der Waals surface area contributed by atoms with E-state index in [0.29, 0.717) is 18.0 Å². The molecule has 2 aromatic rings. The number of halogens is 3. The van der Waals surface area contributed by atoms with Gasteiger partial charge in [-0.25, -0.2) is 4.79 Å². The molecule has 0 radical (unpaired) electrons. The zero-order valence-electron chi connectivity index (χ0n) is 11.0. The Kier molecular flexibility index (Phi) is 3.93. The first-order valence-electron chi connectivity index (χ1n) is 5.97. The number of anilines is 1. The number of aromatic carboxylic acids is 1. The van der Waals surface area contributed by atoms with Crippen LogP contribution in [0.2, 0.25) is 0 Å². The van der Waals surface area contributed by atoms with Crippen molar-refractivity contribution in [1.29, 1.82) is 0 Å². The van der Waals surface area contributed by atoms with Crippen molar-refractivity contribution in [2.24, 2.45) is 0 Å². The van der Waals surface area contributed by atoms with Crippen molar-refractivity contribution < 1.29 is 27.5 Å². The van der Waals surface area contributed by atoms with Gasteiger partial charge in [-0.3, -0.25) is 0 Å². The molecule has 112 valence electrons. The van der Waals surface area contributed by atoms with Crippen LogP contribution in [0.15, 0.2) is 41.0 Å². The Hall–Kier alpha value is -2.44. The number of hydrogen-bond acceptors (Lipinski definition) is 3. The number of hydrogen-bond donors (Lipinski definition) is 1. The second kappa shape index (κ2) is 5.51. The lowest BCUT2D eigenvalue weighted by atomic mass is 10.1. The van der Waals surface area contributed by atoms with Crippen LogP contribution in [-0.4, -0.2) is 18.1 Å². The average Bonchev–Trinajstić information content (AvgIpc) is 2.89. The fourth-order valence-electron chi connectivity index (χ4n) is 1.92. The number of nitrogens with zero attached hydrogens (tertiary/aromatic N) is 1. The maximum Gasteiger partial charge on any atom is 0.417 e. The van der Waals surface area contributed by atoms with Crippen LogP contribution in [0.4, 0.5) is 18.9 Å². The first-order valence-corrected chi connectivity index (χ1v) is 5.97. The minimum Gasteiger partial charge on any atom is -0.478 e. The lowest BCUT2D eigenvalue weighted by Crippen LogP contribution is -2.18. The molecule has 0 aliphatic carbocycles. The van der Waals surface area contributed by atoms with E-state index in [0.717, 1.165) is 12.1 Å². The van der Waals surface area contributed by atoms with Gasteiger partial charge in [0.15, 0.2) is 0 Å².